The van der Waals surface area contributed by atoms with Gasteiger partial charge in [0.25, 0.3) is 0 Å². The number of likely N-dealkylation sites (N-methyl/N-ethyl adjacent to an activating group) is 2. The Morgan fingerprint density at radius 2 is 1.80 bits per heavy atom. The first-order chi connectivity index (χ1) is 9.36. The first kappa shape index (κ1) is 17.0. The minimum Gasteiger partial charge on any atom is -0.356 e. The molecule has 0 aliphatic rings. The van der Waals surface area contributed by atoms with E-state index in [-0.39, 0.29) is 0 Å². The summed E-state index contributed by atoms with van der Waals surface area (Å²) in [6.45, 7) is 16.4. The van der Waals surface area contributed by atoms with Crippen molar-refractivity contribution in [2.45, 2.75) is 53.5 Å². The molecule has 3 heteroatoms. The van der Waals surface area contributed by atoms with E-state index in [2.05, 4.69) is 69.4 Å². The van der Waals surface area contributed by atoms with Crippen LogP contribution in [0, 0.1) is 6.92 Å². The fraction of sp³-hybridized carbons (Fsp3) is 0.706. The molecule has 0 unspecified atom stereocenters. The lowest BCUT2D eigenvalue weighted by molar-refractivity contribution is 0.279. The molecule has 3 nitrogen and oxygen atoms in total. The summed E-state index contributed by atoms with van der Waals surface area (Å²) in [5.41, 5.74) is 2.70. The van der Waals surface area contributed by atoms with Crippen LogP contribution in [0.1, 0.15) is 51.7 Å². The van der Waals surface area contributed by atoms with E-state index in [1.165, 1.54) is 11.1 Å². The first-order valence-electron chi connectivity index (χ1n) is 7.78. The molecular formula is C17H31N3. The lowest BCUT2D eigenvalue weighted by Gasteiger charge is -2.28. The molecule has 0 N–H and O–H groups in total. The predicted molar refractivity (Wildman–Crippen MR) is 88.7 cm³/mol. The van der Waals surface area contributed by atoms with Crippen LogP contribution in [0.25, 0.3) is 0 Å². The van der Waals surface area contributed by atoms with Gasteiger partial charge in [-0.05, 0) is 57.9 Å². The molecule has 114 valence electrons. The Labute approximate surface area is 125 Å². The molecule has 0 amide bonds. The number of nitrogens with zero attached hydrogens (tertiary/aromatic N) is 3. The van der Waals surface area contributed by atoms with E-state index in [1.54, 1.807) is 0 Å². The van der Waals surface area contributed by atoms with Crippen molar-refractivity contribution in [3.63, 3.8) is 0 Å². The van der Waals surface area contributed by atoms with Crippen molar-refractivity contribution in [2.75, 3.05) is 31.6 Å². The average Bonchev–Trinajstić information content (AvgIpc) is 2.38. The molecule has 1 rings (SSSR count). The molecule has 1 aromatic heterocycles. The molecule has 0 aromatic carbocycles. The highest BCUT2D eigenvalue weighted by Crippen LogP contribution is 2.21. The third kappa shape index (κ3) is 4.48. The number of aryl methyl sites for hydroxylation is 1. The maximum atomic E-state index is 4.66. The minimum absolute atomic E-state index is 0.540. The van der Waals surface area contributed by atoms with Crippen LogP contribution in [0.3, 0.4) is 0 Å². The second-order valence-electron chi connectivity index (χ2n) is 6.21. The highest BCUT2D eigenvalue weighted by Gasteiger charge is 2.11. The largest absolute Gasteiger partial charge is 0.356 e. The Kier molecular flexibility index (Phi) is 6.47. The van der Waals surface area contributed by atoms with Crippen molar-refractivity contribution in [1.29, 1.82) is 0 Å². The molecule has 0 spiro atoms. The summed E-state index contributed by atoms with van der Waals surface area (Å²) < 4.78 is 0. The van der Waals surface area contributed by atoms with E-state index in [0.717, 1.165) is 25.5 Å². The molecule has 0 radical (unpaired) electrons. The predicted octanol–water partition coefficient (Wildman–Crippen LogP) is 3.68. The van der Waals surface area contributed by atoms with Crippen molar-refractivity contribution in [2.24, 2.45) is 0 Å². The van der Waals surface area contributed by atoms with Gasteiger partial charge in [-0.3, -0.25) is 0 Å². The highest BCUT2D eigenvalue weighted by atomic mass is 15.2. The molecule has 0 aliphatic carbocycles. The highest BCUT2D eigenvalue weighted by molar-refractivity contribution is 5.44. The summed E-state index contributed by atoms with van der Waals surface area (Å²) in [6.07, 6.45) is 2.05. The number of hydrogen-bond donors (Lipinski definition) is 0. The van der Waals surface area contributed by atoms with Gasteiger partial charge >= 0.3 is 0 Å². The van der Waals surface area contributed by atoms with Gasteiger partial charge in [0, 0.05) is 31.9 Å². The number of anilines is 1. The normalized spacial score (nSPS) is 11.7. The van der Waals surface area contributed by atoms with Gasteiger partial charge in [0.05, 0.1) is 0 Å². The molecule has 0 fully saturated rings. The monoisotopic (exact) mass is 277 g/mol. The van der Waals surface area contributed by atoms with Crippen molar-refractivity contribution >= 4 is 5.82 Å². The summed E-state index contributed by atoms with van der Waals surface area (Å²) in [5.74, 6) is 1.64. The number of pyridine rings is 1. The minimum atomic E-state index is 0.540. The fourth-order valence-electron chi connectivity index (χ4n) is 2.30. The topological polar surface area (TPSA) is 19.4 Å². The van der Waals surface area contributed by atoms with Crippen molar-refractivity contribution < 1.29 is 0 Å². The molecule has 0 saturated heterocycles. The van der Waals surface area contributed by atoms with E-state index < -0.39 is 0 Å². The van der Waals surface area contributed by atoms with Crippen molar-refractivity contribution in [3.8, 4) is 0 Å². The Hall–Kier alpha value is -1.09. The molecule has 0 bridgehead atoms. The number of aromatic nitrogens is 1. The van der Waals surface area contributed by atoms with Crippen LogP contribution < -0.4 is 4.90 Å². The van der Waals surface area contributed by atoms with Crippen LogP contribution in [0.4, 0.5) is 5.82 Å². The molecule has 0 saturated carbocycles. The second kappa shape index (κ2) is 7.63. The number of hydrogen-bond acceptors (Lipinski definition) is 3. The average molecular weight is 277 g/mol. The lowest BCUT2D eigenvalue weighted by Crippen LogP contribution is -2.36. The van der Waals surface area contributed by atoms with Gasteiger partial charge in [-0.15, -0.1) is 0 Å². The van der Waals surface area contributed by atoms with Gasteiger partial charge in [0.15, 0.2) is 0 Å². The van der Waals surface area contributed by atoms with Gasteiger partial charge in [-0.1, -0.05) is 13.8 Å². The van der Waals surface area contributed by atoms with Gasteiger partial charge in [0.2, 0.25) is 0 Å². The molecule has 20 heavy (non-hydrogen) atoms. The Morgan fingerprint density at radius 1 is 1.15 bits per heavy atom. The van der Waals surface area contributed by atoms with E-state index in [1.807, 2.05) is 6.20 Å². The van der Waals surface area contributed by atoms with Crippen molar-refractivity contribution in [3.05, 3.63) is 23.4 Å². The summed E-state index contributed by atoms with van der Waals surface area (Å²) in [4.78, 5) is 9.39. The van der Waals surface area contributed by atoms with E-state index >= 15 is 0 Å². The standard InChI is InChI=1S/C17H31N3/c1-8-20(10-9-19(7)14(4)5)17-11-15(6)16(12-18-17)13(2)3/h11-14H,8-10H2,1-7H3. The third-order valence-electron chi connectivity index (χ3n) is 4.07. The Morgan fingerprint density at radius 3 is 2.25 bits per heavy atom. The molecular weight excluding hydrogens is 246 g/mol. The van der Waals surface area contributed by atoms with Crippen LogP contribution in [-0.4, -0.2) is 42.6 Å². The summed E-state index contributed by atoms with van der Waals surface area (Å²) in [7, 11) is 2.18. The maximum absolute atomic E-state index is 4.66. The number of rotatable bonds is 7. The summed E-state index contributed by atoms with van der Waals surface area (Å²) >= 11 is 0. The molecule has 1 heterocycles. The SMILES string of the molecule is CCN(CCN(C)C(C)C)c1cc(C)c(C(C)C)cn1. The van der Waals surface area contributed by atoms with Gasteiger partial charge in [0.1, 0.15) is 5.82 Å². The van der Waals surface area contributed by atoms with E-state index in [9.17, 15) is 0 Å². The van der Waals surface area contributed by atoms with E-state index in [0.29, 0.717) is 12.0 Å². The van der Waals surface area contributed by atoms with Gasteiger partial charge in [-0.25, -0.2) is 4.98 Å². The zero-order chi connectivity index (χ0) is 15.3. The first-order valence-corrected chi connectivity index (χ1v) is 7.78. The zero-order valence-corrected chi connectivity index (χ0v) is 14.3. The quantitative estimate of drug-likeness (QED) is 0.758. The Bertz CT molecular complexity index is 413. The summed E-state index contributed by atoms with van der Waals surface area (Å²) in [5, 5.41) is 0. The molecule has 0 aliphatic heterocycles. The third-order valence-corrected chi connectivity index (χ3v) is 4.07. The second-order valence-corrected chi connectivity index (χ2v) is 6.21. The van der Waals surface area contributed by atoms with Gasteiger partial charge in [-0.2, -0.15) is 0 Å². The van der Waals surface area contributed by atoms with Crippen LogP contribution in [-0.2, 0) is 0 Å². The van der Waals surface area contributed by atoms with Crippen LogP contribution in [0.15, 0.2) is 12.3 Å². The summed E-state index contributed by atoms with van der Waals surface area (Å²) in [6, 6.07) is 2.82. The molecule has 0 atom stereocenters. The lowest BCUT2D eigenvalue weighted by atomic mass is 10.0. The molecule has 1 aromatic rings. The maximum Gasteiger partial charge on any atom is 0.128 e. The smallest absolute Gasteiger partial charge is 0.128 e. The van der Waals surface area contributed by atoms with Crippen LogP contribution >= 0.6 is 0 Å². The fourth-order valence-corrected chi connectivity index (χ4v) is 2.30. The van der Waals surface area contributed by atoms with Crippen LogP contribution in [0.5, 0.6) is 0 Å². The van der Waals surface area contributed by atoms with Crippen LogP contribution in [0.2, 0.25) is 0 Å². The van der Waals surface area contributed by atoms with Gasteiger partial charge < -0.3 is 9.80 Å². The van der Waals surface area contributed by atoms with Crippen molar-refractivity contribution in [1.82, 2.24) is 9.88 Å². The van der Waals surface area contributed by atoms with E-state index in [4.69, 9.17) is 0 Å². The Balaban J connectivity index is 2.77. The zero-order valence-electron chi connectivity index (χ0n) is 14.3.